The Hall–Kier alpha value is -2.65. The molecule has 0 spiro atoms. The van der Waals surface area contributed by atoms with E-state index >= 15 is 0 Å². The van der Waals surface area contributed by atoms with Crippen LogP contribution in [0.2, 0.25) is 0 Å². The summed E-state index contributed by atoms with van der Waals surface area (Å²) in [5.41, 5.74) is 1.64. The number of benzene rings is 1. The van der Waals surface area contributed by atoms with Crippen molar-refractivity contribution in [3.05, 3.63) is 47.9 Å². The number of nitrogens with zero attached hydrogens (tertiary/aromatic N) is 4. The number of hydrogen-bond donors (Lipinski definition) is 1. The molecule has 1 aromatic heterocycles. The highest BCUT2D eigenvalue weighted by atomic mass is 19.1. The largest absolute Gasteiger partial charge is 0.369 e. The number of aromatic nitrogens is 1. The van der Waals surface area contributed by atoms with Gasteiger partial charge in [-0.2, -0.15) is 5.26 Å². The van der Waals surface area contributed by atoms with E-state index in [1.54, 1.807) is 24.4 Å². The van der Waals surface area contributed by atoms with Gasteiger partial charge in [0.25, 0.3) is 0 Å². The van der Waals surface area contributed by atoms with Crippen LogP contribution < -0.4 is 10.2 Å². The van der Waals surface area contributed by atoms with Gasteiger partial charge in [-0.05, 0) is 57.3 Å². The van der Waals surface area contributed by atoms with Gasteiger partial charge in [-0.3, -0.25) is 0 Å². The number of nitriles is 1. The first-order valence-electron chi connectivity index (χ1n) is 8.41. The standard InChI is InChI=1S/C19H22FN5/c1-24(2)16-7-10-25(11-8-16)18-6-5-15(12-17(18)20)23-19-14(13-21)4-3-9-22-19/h3-6,9,12,16H,7-8,10-11H2,1-2H3,(H,22,23). The lowest BCUT2D eigenvalue weighted by Crippen LogP contribution is -2.42. The molecule has 6 heteroatoms. The molecular weight excluding hydrogens is 317 g/mol. The van der Waals surface area contributed by atoms with Crippen LogP contribution in [0.3, 0.4) is 0 Å². The molecule has 1 aliphatic rings. The molecule has 0 atom stereocenters. The van der Waals surface area contributed by atoms with Gasteiger partial charge in [0.15, 0.2) is 0 Å². The summed E-state index contributed by atoms with van der Waals surface area (Å²) < 4.78 is 14.6. The number of halogens is 1. The molecule has 0 bridgehead atoms. The van der Waals surface area contributed by atoms with Crippen molar-refractivity contribution in [2.45, 2.75) is 18.9 Å². The summed E-state index contributed by atoms with van der Waals surface area (Å²) in [4.78, 5) is 8.47. The zero-order valence-corrected chi connectivity index (χ0v) is 14.5. The molecule has 0 radical (unpaired) electrons. The lowest BCUT2D eigenvalue weighted by molar-refractivity contribution is 0.249. The molecule has 0 unspecified atom stereocenters. The lowest BCUT2D eigenvalue weighted by Gasteiger charge is -2.36. The van der Waals surface area contributed by atoms with E-state index < -0.39 is 0 Å². The van der Waals surface area contributed by atoms with Gasteiger partial charge in [0, 0.05) is 31.0 Å². The molecule has 1 N–H and O–H groups in total. The number of anilines is 3. The van der Waals surface area contributed by atoms with Crippen LogP contribution >= 0.6 is 0 Å². The van der Waals surface area contributed by atoms with Crippen molar-refractivity contribution in [1.29, 1.82) is 5.26 Å². The summed E-state index contributed by atoms with van der Waals surface area (Å²) >= 11 is 0. The van der Waals surface area contributed by atoms with E-state index in [1.807, 2.05) is 6.07 Å². The van der Waals surface area contributed by atoms with Gasteiger partial charge in [0.05, 0.1) is 11.3 Å². The van der Waals surface area contributed by atoms with Crippen molar-refractivity contribution >= 4 is 17.2 Å². The molecule has 2 heterocycles. The number of piperidine rings is 1. The highest BCUT2D eigenvalue weighted by Gasteiger charge is 2.22. The Kier molecular flexibility index (Phi) is 5.15. The van der Waals surface area contributed by atoms with Crippen LogP contribution in [-0.2, 0) is 0 Å². The molecule has 1 saturated heterocycles. The van der Waals surface area contributed by atoms with E-state index in [0.29, 0.717) is 28.8 Å². The Morgan fingerprint density at radius 3 is 2.68 bits per heavy atom. The summed E-state index contributed by atoms with van der Waals surface area (Å²) in [6.45, 7) is 1.71. The second-order valence-electron chi connectivity index (χ2n) is 6.48. The van der Waals surface area contributed by atoms with Crippen LogP contribution in [0.4, 0.5) is 21.6 Å². The SMILES string of the molecule is CN(C)C1CCN(c2ccc(Nc3ncccc3C#N)cc2F)CC1. The fourth-order valence-corrected chi connectivity index (χ4v) is 3.20. The maximum Gasteiger partial charge on any atom is 0.148 e. The fraction of sp³-hybridized carbons (Fsp3) is 0.368. The number of hydrogen-bond acceptors (Lipinski definition) is 5. The maximum absolute atomic E-state index is 14.6. The van der Waals surface area contributed by atoms with E-state index in [9.17, 15) is 4.39 Å². The van der Waals surface area contributed by atoms with Crippen LogP contribution in [0, 0.1) is 17.1 Å². The molecular formula is C19H22FN5. The van der Waals surface area contributed by atoms with Crippen LogP contribution in [0.1, 0.15) is 18.4 Å². The summed E-state index contributed by atoms with van der Waals surface area (Å²) in [7, 11) is 4.18. The van der Waals surface area contributed by atoms with Gasteiger partial charge >= 0.3 is 0 Å². The molecule has 1 aromatic carbocycles. The number of nitrogens with one attached hydrogen (secondary N) is 1. The predicted molar refractivity (Wildman–Crippen MR) is 97.6 cm³/mol. The molecule has 25 heavy (non-hydrogen) atoms. The second kappa shape index (κ2) is 7.49. The Balaban J connectivity index is 1.72. The summed E-state index contributed by atoms with van der Waals surface area (Å²) in [6, 6.07) is 11.1. The van der Waals surface area contributed by atoms with Gasteiger partial charge in [-0.25, -0.2) is 9.37 Å². The van der Waals surface area contributed by atoms with Crippen molar-refractivity contribution in [1.82, 2.24) is 9.88 Å². The molecule has 0 amide bonds. The fourth-order valence-electron chi connectivity index (χ4n) is 3.20. The monoisotopic (exact) mass is 339 g/mol. The molecule has 1 fully saturated rings. The Bertz CT molecular complexity index is 776. The number of rotatable bonds is 4. The van der Waals surface area contributed by atoms with Gasteiger partial charge in [0.2, 0.25) is 0 Å². The topological polar surface area (TPSA) is 55.2 Å². The minimum Gasteiger partial charge on any atom is -0.369 e. The van der Waals surface area contributed by atoms with E-state index in [-0.39, 0.29) is 5.82 Å². The normalized spacial score (nSPS) is 15.2. The molecule has 0 aliphatic carbocycles. The van der Waals surface area contributed by atoms with Gasteiger partial charge in [-0.15, -0.1) is 0 Å². The molecule has 130 valence electrons. The smallest absolute Gasteiger partial charge is 0.148 e. The zero-order valence-electron chi connectivity index (χ0n) is 14.5. The van der Waals surface area contributed by atoms with Crippen molar-refractivity contribution in [2.24, 2.45) is 0 Å². The molecule has 1 aliphatic heterocycles. The third-order valence-corrected chi connectivity index (χ3v) is 4.67. The minimum atomic E-state index is -0.261. The first-order valence-corrected chi connectivity index (χ1v) is 8.41. The molecule has 0 saturated carbocycles. The first-order chi connectivity index (χ1) is 12.1. The molecule has 2 aromatic rings. The second-order valence-corrected chi connectivity index (χ2v) is 6.48. The Morgan fingerprint density at radius 2 is 2.04 bits per heavy atom. The highest BCUT2D eigenvalue weighted by molar-refractivity contribution is 5.65. The molecule has 3 rings (SSSR count). The van der Waals surface area contributed by atoms with Crippen LogP contribution in [0.25, 0.3) is 0 Å². The van der Waals surface area contributed by atoms with Crippen molar-refractivity contribution in [3.8, 4) is 6.07 Å². The Labute approximate surface area is 147 Å². The van der Waals surface area contributed by atoms with E-state index in [1.165, 1.54) is 6.07 Å². The van der Waals surface area contributed by atoms with Gasteiger partial charge in [0.1, 0.15) is 17.7 Å². The third kappa shape index (κ3) is 3.89. The summed E-state index contributed by atoms with van der Waals surface area (Å²) in [6.07, 6.45) is 3.67. The zero-order chi connectivity index (χ0) is 17.8. The minimum absolute atomic E-state index is 0.261. The average molecular weight is 339 g/mol. The van der Waals surface area contributed by atoms with Crippen LogP contribution in [0.15, 0.2) is 36.5 Å². The van der Waals surface area contributed by atoms with Crippen molar-refractivity contribution in [2.75, 3.05) is 37.4 Å². The molecule has 5 nitrogen and oxygen atoms in total. The van der Waals surface area contributed by atoms with E-state index in [4.69, 9.17) is 5.26 Å². The van der Waals surface area contributed by atoms with Crippen molar-refractivity contribution < 1.29 is 4.39 Å². The highest BCUT2D eigenvalue weighted by Crippen LogP contribution is 2.28. The van der Waals surface area contributed by atoms with Crippen LogP contribution in [-0.4, -0.2) is 43.1 Å². The number of pyridine rings is 1. The summed E-state index contributed by atoms with van der Waals surface area (Å²) in [5.74, 6) is 0.173. The first kappa shape index (κ1) is 17.2. The van der Waals surface area contributed by atoms with E-state index in [2.05, 4.69) is 40.3 Å². The summed E-state index contributed by atoms with van der Waals surface area (Å²) in [5, 5.41) is 12.1. The Morgan fingerprint density at radius 1 is 1.28 bits per heavy atom. The van der Waals surface area contributed by atoms with Gasteiger partial charge in [-0.1, -0.05) is 0 Å². The average Bonchev–Trinajstić information content (AvgIpc) is 2.62. The third-order valence-electron chi connectivity index (χ3n) is 4.67. The van der Waals surface area contributed by atoms with Crippen molar-refractivity contribution in [3.63, 3.8) is 0 Å². The quantitative estimate of drug-likeness (QED) is 0.925. The maximum atomic E-state index is 14.6. The van der Waals surface area contributed by atoms with Crippen LogP contribution in [0.5, 0.6) is 0 Å². The lowest BCUT2D eigenvalue weighted by atomic mass is 10.0. The van der Waals surface area contributed by atoms with Gasteiger partial charge < -0.3 is 15.1 Å². The van der Waals surface area contributed by atoms with E-state index in [0.717, 1.165) is 25.9 Å². The predicted octanol–water partition coefficient (Wildman–Crippen LogP) is 3.37.